The van der Waals surface area contributed by atoms with E-state index < -0.39 is 0 Å². The zero-order valence-corrected chi connectivity index (χ0v) is 13.9. The standard InChI is InChI=1S/C20H19NO3/c1-13-8-9-15(12-14(13)2)17-10-11-19(24-17)20(22)21-16-6-4-5-7-18(16)23-3/h4-12H,1-3H3,(H,21,22). The van der Waals surface area contributed by atoms with Gasteiger partial charge >= 0.3 is 0 Å². The molecule has 0 atom stereocenters. The predicted molar refractivity (Wildman–Crippen MR) is 94.6 cm³/mol. The van der Waals surface area contributed by atoms with Gasteiger partial charge in [0.2, 0.25) is 0 Å². The van der Waals surface area contributed by atoms with Gasteiger partial charge in [0.05, 0.1) is 12.8 Å². The van der Waals surface area contributed by atoms with Crippen LogP contribution in [-0.4, -0.2) is 13.0 Å². The van der Waals surface area contributed by atoms with Crippen LogP contribution in [0.25, 0.3) is 11.3 Å². The topological polar surface area (TPSA) is 51.5 Å². The van der Waals surface area contributed by atoms with Gasteiger partial charge in [0.1, 0.15) is 11.5 Å². The molecule has 0 radical (unpaired) electrons. The highest BCUT2D eigenvalue weighted by Gasteiger charge is 2.14. The summed E-state index contributed by atoms with van der Waals surface area (Å²) >= 11 is 0. The summed E-state index contributed by atoms with van der Waals surface area (Å²) in [4.78, 5) is 12.4. The van der Waals surface area contributed by atoms with Crippen LogP contribution in [0.3, 0.4) is 0 Å². The molecule has 1 aromatic heterocycles. The van der Waals surface area contributed by atoms with E-state index in [4.69, 9.17) is 9.15 Å². The van der Waals surface area contributed by atoms with Gasteiger partial charge in [0.25, 0.3) is 5.91 Å². The number of para-hydroxylation sites is 2. The van der Waals surface area contributed by atoms with E-state index in [1.165, 1.54) is 11.1 Å². The summed E-state index contributed by atoms with van der Waals surface area (Å²) in [5.41, 5.74) is 3.96. The van der Waals surface area contributed by atoms with E-state index in [1.54, 1.807) is 31.4 Å². The molecule has 0 saturated carbocycles. The maximum atomic E-state index is 12.4. The van der Waals surface area contributed by atoms with Gasteiger partial charge in [0, 0.05) is 5.56 Å². The van der Waals surface area contributed by atoms with E-state index in [-0.39, 0.29) is 11.7 Å². The number of carbonyl (C=O) groups is 1. The summed E-state index contributed by atoms with van der Waals surface area (Å²) in [6.45, 7) is 4.12. The van der Waals surface area contributed by atoms with E-state index in [1.807, 2.05) is 24.3 Å². The number of carbonyl (C=O) groups excluding carboxylic acids is 1. The van der Waals surface area contributed by atoms with Crippen molar-refractivity contribution in [1.29, 1.82) is 0 Å². The molecule has 1 heterocycles. The van der Waals surface area contributed by atoms with Crippen molar-refractivity contribution in [1.82, 2.24) is 0 Å². The maximum absolute atomic E-state index is 12.4. The maximum Gasteiger partial charge on any atom is 0.291 e. The summed E-state index contributed by atoms with van der Waals surface area (Å²) in [5.74, 6) is 1.22. The fraction of sp³-hybridized carbons (Fsp3) is 0.150. The first-order chi connectivity index (χ1) is 11.6. The van der Waals surface area contributed by atoms with Crippen molar-refractivity contribution in [2.75, 3.05) is 12.4 Å². The molecule has 0 spiro atoms. The van der Waals surface area contributed by atoms with Gasteiger partial charge in [-0.3, -0.25) is 4.79 Å². The first-order valence-electron chi connectivity index (χ1n) is 7.70. The molecule has 0 unspecified atom stereocenters. The molecular formula is C20H19NO3. The Morgan fingerprint density at radius 2 is 1.79 bits per heavy atom. The van der Waals surface area contributed by atoms with Gasteiger partial charge in [-0.15, -0.1) is 0 Å². The number of hydrogen-bond donors (Lipinski definition) is 1. The minimum Gasteiger partial charge on any atom is -0.495 e. The number of hydrogen-bond acceptors (Lipinski definition) is 3. The van der Waals surface area contributed by atoms with Crippen molar-refractivity contribution in [3.8, 4) is 17.1 Å². The fourth-order valence-electron chi connectivity index (χ4n) is 2.44. The molecule has 122 valence electrons. The van der Waals surface area contributed by atoms with E-state index in [0.717, 1.165) is 5.56 Å². The minimum absolute atomic E-state index is 0.258. The molecule has 0 saturated heterocycles. The van der Waals surface area contributed by atoms with Crippen molar-refractivity contribution in [2.45, 2.75) is 13.8 Å². The molecule has 1 amide bonds. The monoisotopic (exact) mass is 321 g/mol. The van der Waals surface area contributed by atoms with E-state index in [9.17, 15) is 4.79 Å². The van der Waals surface area contributed by atoms with E-state index in [2.05, 4.69) is 25.2 Å². The highest BCUT2D eigenvalue weighted by atomic mass is 16.5. The van der Waals surface area contributed by atoms with Crippen LogP contribution in [0.5, 0.6) is 5.75 Å². The molecule has 0 aliphatic heterocycles. The number of ether oxygens (including phenoxy) is 1. The van der Waals surface area contributed by atoms with Gasteiger partial charge in [-0.25, -0.2) is 0 Å². The lowest BCUT2D eigenvalue weighted by molar-refractivity contribution is 0.0997. The van der Waals surface area contributed by atoms with Crippen LogP contribution in [-0.2, 0) is 0 Å². The molecule has 3 rings (SSSR count). The minimum atomic E-state index is -0.311. The zero-order valence-electron chi connectivity index (χ0n) is 13.9. The SMILES string of the molecule is COc1ccccc1NC(=O)c1ccc(-c2ccc(C)c(C)c2)o1. The Bertz CT molecular complexity index is 880. The second-order valence-electron chi connectivity index (χ2n) is 5.62. The number of aryl methyl sites for hydroxylation is 2. The second kappa shape index (κ2) is 6.62. The number of furan rings is 1. The molecule has 4 nitrogen and oxygen atoms in total. The normalized spacial score (nSPS) is 10.5. The van der Waals surface area contributed by atoms with Gasteiger partial charge in [-0.2, -0.15) is 0 Å². The van der Waals surface area contributed by atoms with Crippen LogP contribution in [0.4, 0.5) is 5.69 Å². The number of rotatable bonds is 4. The predicted octanol–water partition coefficient (Wildman–Crippen LogP) is 4.82. The molecule has 24 heavy (non-hydrogen) atoms. The highest BCUT2D eigenvalue weighted by Crippen LogP contribution is 2.27. The van der Waals surface area contributed by atoms with Crippen LogP contribution in [0.1, 0.15) is 21.7 Å². The lowest BCUT2D eigenvalue weighted by atomic mass is 10.1. The van der Waals surface area contributed by atoms with Crippen LogP contribution in [0.2, 0.25) is 0 Å². The average Bonchev–Trinajstić information content (AvgIpc) is 3.08. The van der Waals surface area contributed by atoms with Crippen LogP contribution < -0.4 is 10.1 Å². The first kappa shape index (κ1) is 15.9. The summed E-state index contributed by atoms with van der Waals surface area (Å²) in [7, 11) is 1.57. The molecule has 3 aromatic rings. The van der Waals surface area contributed by atoms with Crippen molar-refractivity contribution in [3.63, 3.8) is 0 Å². The van der Waals surface area contributed by atoms with Crippen LogP contribution in [0, 0.1) is 13.8 Å². The summed E-state index contributed by atoms with van der Waals surface area (Å²) < 4.78 is 11.0. The summed E-state index contributed by atoms with van der Waals surface area (Å²) in [6.07, 6.45) is 0. The Balaban J connectivity index is 1.82. The second-order valence-corrected chi connectivity index (χ2v) is 5.62. The van der Waals surface area contributed by atoms with Crippen molar-refractivity contribution in [3.05, 3.63) is 71.5 Å². The van der Waals surface area contributed by atoms with E-state index in [0.29, 0.717) is 17.2 Å². The lowest BCUT2D eigenvalue weighted by Crippen LogP contribution is -2.11. The van der Waals surface area contributed by atoms with Crippen LogP contribution in [0.15, 0.2) is 59.0 Å². The van der Waals surface area contributed by atoms with Gasteiger partial charge in [-0.1, -0.05) is 24.3 Å². The molecular weight excluding hydrogens is 302 g/mol. The number of anilines is 1. The summed E-state index contributed by atoms with van der Waals surface area (Å²) in [5, 5.41) is 2.81. The lowest BCUT2D eigenvalue weighted by Gasteiger charge is -2.08. The number of methoxy groups -OCH3 is 1. The zero-order chi connectivity index (χ0) is 17.1. The third-order valence-electron chi connectivity index (χ3n) is 3.98. The Labute approximate surface area is 141 Å². The quantitative estimate of drug-likeness (QED) is 0.749. The number of amides is 1. The van der Waals surface area contributed by atoms with E-state index >= 15 is 0 Å². The number of benzene rings is 2. The molecule has 0 fully saturated rings. The number of nitrogens with one attached hydrogen (secondary N) is 1. The molecule has 4 heteroatoms. The molecule has 0 bridgehead atoms. The van der Waals surface area contributed by atoms with Crippen molar-refractivity contribution in [2.24, 2.45) is 0 Å². The smallest absolute Gasteiger partial charge is 0.291 e. The van der Waals surface area contributed by atoms with Crippen molar-refractivity contribution < 1.29 is 13.9 Å². The molecule has 1 N–H and O–H groups in total. The Morgan fingerprint density at radius 3 is 2.54 bits per heavy atom. The first-order valence-corrected chi connectivity index (χ1v) is 7.70. The average molecular weight is 321 g/mol. The Morgan fingerprint density at radius 1 is 1.00 bits per heavy atom. The largest absolute Gasteiger partial charge is 0.495 e. The molecule has 0 aliphatic rings. The third-order valence-corrected chi connectivity index (χ3v) is 3.98. The van der Waals surface area contributed by atoms with Crippen molar-refractivity contribution >= 4 is 11.6 Å². The molecule has 0 aliphatic carbocycles. The molecule has 2 aromatic carbocycles. The van der Waals surface area contributed by atoms with Crippen LogP contribution >= 0.6 is 0 Å². The van der Waals surface area contributed by atoms with Gasteiger partial charge in [0.15, 0.2) is 5.76 Å². The Hall–Kier alpha value is -3.01. The third kappa shape index (κ3) is 3.18. The van der Waals surface area contributed by atoms with Gasteiger partial charge < -0.3 is 14.5 Å². The summed E-state index contributed by atoms with van der Waals surface area (Å²) in [6, 6.07) is 16.8. The fourth-order valence-corrected chi connectivity index (χ4v) is 2.44. The van der Waals surface area contributed by atoms with Gasteiger partial charge in [-0.05, 0) is 55.3 Å². The Kier molecular flexibility index (Phi) is 4.38. The highest BCUT2D eigenvalue weighted by molar-refractivity contribution is 6.03.